The number of hydrogen-bond acceptors (Lipinski definition) is 4. The number of ether oxygens (including phenoxy) is 2. The minimum Gasteiger partial charge on any atom is -0.479 e. The topological polar surface area (TPSA) is 84.9 Å². The molecule has 0 heterocycles. The molecule has 0 aliphatic heterocycles. The van der Waals surface area contributed by atoms with Crippen LogP contribution in [0.2, 0.25) is 0 Å². The number of carboxylic acid groups (broad SMARTS) is 1. The van der Waals surface area contributed by atoms with Crippen LogP contribution in [0.25, 0.3) is 0 Å². The van der Waals surface area contributed by atoms with Crippen LogP contribution in [-0.4, -0.2) is 28.9 Å². The van der Waals surface area contributed by atoms with Gasteiger partial charge in [0, 0.05) is 5.69 Å². The Morgan fingerprint density at radius 2 is 1.75 bits per heavy atom. The number of amides is 1. The van der Waals surface area contributed by atoms with Crippen LogP contribution in [0.5, 0.6) is 5.75 Å². The molecule has 110 valence electrons. The molecule has 0 aliphatic rings. The third kappa shape index (κ3) is 5.60. The molecule has 0 aliphatic carbocycles. The van der Waals surface area contributed by atoms with Gasteiger partial charge in [0.1, 0.15) is 11.4 Å². The summed E-state index contributed by atoms with van der Waals surface area (Å²) in [6.07, 6.45) is -1.48. The van der Waals surface area contributed by atoms with Gasteiger partial charge in [0.25, 0.3) is 0 Å². The van der Waals surface area contributed by atoms with Gasteiger partial charge in [-0.1, -0.05) is 0 Å². The van der Waals surface area contributed by atoms with E-state index in [1.54, 1.807) is 45.0 Å². The molecule has 1 amide bonds. The van der Waals surface area contributed by atoms with Crippen molar-refractivity contribution < 1.29 is 24.2 Å². The van der Waals surface area contributed by atoms with Gasteiger partial charge < -0.3 is 14.6 Å². The Labute approximate surface area is 117 Å². The van der Waals surface area contributed by atoms with Gasteiger partial charge in [-0.3, -0.25) is 5.32 Å². The summed E-state index contributed by atoms with van der Waals surface area (Å²) >= 11 is 0. The molecule has 0 aromatic heterocycles. The predicted molar refractivity (Wildman–Crippen MR) is 74.0 cm³/mol. The third-order valence-corrected chi connectivity index (χ3v) is 2.16. The number of hydrogen-bond donors (Lipinski definition) is 2. The molecular weight excluding hydrogens is 262 g/mol. The van der Waals surface area contributed by atoms with Crippen molar-refractivity contribution in [2.45, 2.75) is 39.4 Å². The average molecular weight is 281 g/mol. The Balaban J connectivity index is 2.59. The molecule has 6 heteroatoms. The second-order valence-electron chi connectivity index (χ2n) is 5.25. The van der Waals surface area contributed by atoms with E-state index in [2.05, 4.69) is 5.32 Å². The second kappa shape index (κ2) is 6.27. The number of carbonyl (C=O) groups excluding carboxylic acids is 1. The van der Waals surface area contributed by atoms with Crippen LogP contribution >= 0.6 is 0 Å². The lowest BCUT2D eigenvalue weighted by Crippen LogP contribution is -2.27. The van der Waals surface area contributed by atoms with Crippen molar-refractivity contribution >= 4 is 17.7 Å². The van der Waals surface area contributed by atoms with E-state index in [0.29, 0.717) is 11.4 Å². The van der Waals surface area contributed by atoms with Gasteiger partial charge in [-0.15, -0.1) is 0 Å². The van der Waals surface area contributed by atoms with Crippen LogP contribution in [0.4, 0.5) is 10.5 Å². The van der Waals surface area contributed by atoms with E-state index in [-0.39, 0.29) is 0 Å². The van der Waals surface area contributed by atoms with E-state index in [1.807, 2.05) is 0 Å². The predicted octanol–water partition coefficient (Wildman–Crippen LogP) is 2.89. The second-order valence-corrected chi connectivity index (χ2v) is 5.25. The quantitative estimate of drug-likeness (QED) is 0.886. The molecule has 1 unspecified atom stereocenters. The maximum atomic E-state index is 11.5. The number of aliphatic carboxylic acids is 1. The molecule has 2 N–H and O–H groups in total. The van der Waals surface area contributed by atoms with E-state index < -0.39 is 23.8 Å². The molecular formula is C14H19NO5. The van der Waals surface area contributed by atoms with E-state index in [9.17, 15) is 9.59 Å². The zero-order chi connectivity index (χ0) is 15.3. The Hall–Kier alpha value is -2.24. The fraction of sp³-hybridized carbons (Fsp3) is 0.429. The molecule has 0 radical (unpaired) electrons. The van der Waals surface area contributed by atoms with E-state index in [0.717, 1.165) is 0 Å². The molecule has 0 fully saturated rings. The van der Waals surface area contributed by atoms with Gasteiger partial charge in [0.2, 0.25) is 0 Å². The number of nitrogens with one attached hydrogen (secondary N) is 1. The van der Waals surface area contributed by atoms with Crippen LogP contribution in [0, 0.1) is 0 Å². The maximum Gasteiger partial charge on any atom is 0.412 e. The highest BCUT2D eigenvalue weighted by Gasteiger charge is 2.16. The minimum absolute atomic E-state index is 0.412. The summed E-state index contributed by atoms with van der Waals surface area (Å²) in [7, 11) is 0. The Morgan fingerprint density at radius 1 is 1.20 bits per heavy atom. The van der Waals surface area contributed by atoms with Gasteiger partial charge in [-0.2, -0.15) is 0 Å². The molecule has 0 saturated carbocycles. The highest BCUT2D eigenvalue weighted by molar-refractivity contribution is 5.84. The minimum atomic E-state index is -1.04. The smallest absolute Gasteiger partial charge is 0.412 e. The highest BCUT2D eigenvalue weighted by Crippen LogP contribution is 2.18. The van der Waals surface area contributed by atoms with E-state index in [1.165, 1.54) is 6.92 Å². The number of anilines is 1. The summed E-state index contributed by atoms with van der Waals surface area (Å²) in [6, 6.07) is 6.36. The normalized spacial score (nSPS) is 12.4. The van der Waals surface area contributed by atoms with E-state index in [4.69, 9.17) is 14.6 Å². The van der Waals surface area contributed by atoms with E-state index >= 15 is 0 Å². The lowest BCUT2D eigenvalue weighted by molar-refractivity contribution is -0.144. The third-order valence-electron chi connectivity index (χ3n) is 2.16. The van der Waals surface area contributed by atoms with Crippen LogP contribution in [-0.2, 0) is 9.53 Å². The fourth-order valence-electron chi connectivity index (χ4n) is 1.29. The Bertz CT molecular complexity index is 475. The van der Waals surface area contributed by atoms with Crippen molar-refractivity contribution in [2.24, 2.45) is 0 Å². The molecule has 0 bridgehead atoms. The molecule has 20 heavy (non-hydrogen) atoms. The lowest BCUT2D eigenvalue weighted by Gasteiger charge is -2.19. The number of carbonyl (C=O) groups is 2. The molecule has 1 atom stereocenters. The highest BCUT2D eigenvalue weighted by atomic mass is 16.6. The summed E-state index contributed by atoms with van der Waals surface area (Å²) in [4.78, 5) is 22.2. The van der Waals surface area contributed by atoms with Crippen molar-refractivity contribution in [3.05, 3.63) is 24.3 Å². The van der Waals surface area contributed by atoms with Gasteiger partial charge in [0.05, 0.1) is 0 Å². The maximum absolute atomic E-state index is 11.5. The zero-order valence-corrected chi connectivity index (χ0v) is 12.0. The van der Waals surface area contributed by atoms with Gasteiger partial charge in [-0.25, -0.2) is 9.59 Å². The first kappa shape index (κ1) is 15.8. The SMILES string of the molecule is CC(Oc1ccc(NC(=O)OC(C)(C)C)cc1)C(=O)O. The fourth-order valence-corrected chi connectivity index (χ4v) is 1.29. The summed E-state index contributed by atoms with van der Waals surface area (Å²) < 4.78 is 10.3. The van der Waals surface area contributed by atoms with Crippen molar-refractivity contribution in [1.29, 1.82) is 0 Å². The van der Waals surface area contributed by atoms with Crippen LogP contribution in [0.15, 0.2) is 24.3 Å². The summed E-state index contributed by atoms with van der Waals surface area (Å²) in [6.45, 7) is 6.76. The average Bonchev–Trinajstić information content (AvgIpc) is 2.28. The number of rotatable bonds is 4. The monoisotopic (exact) mass is 281 g/mol. The Morgan fingerprint density at radius 3 is 2.20 bits per heavy atom. The van der Waals surface area contributed by atoms with Gasteiger partial charge in [-0.05, 0) is 52.0 Å². The first-order valence-corrected chi connectivity index (χ1v) is 6.17. The van der Waals surface area contributed by atoms with Crippen molar-refractivity contribution in [3.8, 4) is 5.75 Å². The number of carboxylic acids is 1. The standard InChI is InChI=1S/C14H19NO5/c1-9(12(16)17)19-11-7-5-10(6-8-11)15-13(18)20-14(2,3)4/h5-9H,1-4H3,(H,15,18)(H,16,17). The molecule has 1 aromatic rings. The van der Waals surface area contributed by atoms with Crippen molar-refractivity contribution in [3.63, 3.8) is 0 Å². The first-order valence-electron chi connectivity index (χ1n) is 6.17. The number of benzene rings is 1. The lowest BCUT2D eigenvalue weighted by atomic mass is 10.2. The van der Waals surface area contributed by atoms with Gasteiger partial charge in [0.15, 0.2) is 6.10 Å². The molecule has 1 aromatic carbocycles. The molecule has 0 spiro atoms. The molecule has 0 saturated heterocycles. The van der Waals surface area contributed by atoms with Crippen molar-refractivity contribution in [1.82, 2.24) is 0 Å². The molecule has 6 nitrogen and oxygen atoms in total. The van der Waals surface area contributed by atoms with Crippen LogP contribution in [0.1, 0.15) is 27.7 Å². The zero-order valence-electron chi connectivity index (χ0n) is 12.0. The first-order chi connectivity index (χ1) is 9.17. The summed E-state index contributed by atoms with van der Waals surface area (Å²) in [5.74, 6) is -0.629. The largest absolute Gasteiger partial charge is 0.479 e. The van der Waals surface area contributed by atoms with Crippen LogP contribution < -0.4 is 10.1 Å². The summed E-state index contributed by atoms with van der Waals surface area (Å²) in [5.41, 5.74) is -0.0288. The van der Waals surface area contributed by atoms with Crippen molar-refractivity contribution in [2.75, 3.05) is 5.32 Å². The Kier molecular flexibility index (Phi) is 4.96. The summed E-state index contributed by atoms with van der Waals surface area (Å²) in [5, 5.41) is 11.3. The molecule has 1 rings (SSSR count). The van der Waals surface area contributed by atoms with Crippen LogP contribution in [0.3, 0.4) is 0 Å². The van der Waals surface area contributed by atoms with Gasteiger partial charge >= 0.3 is 12.1 Å².